The Hall–Kier alpha value is -1.63. The van der Waals surface area contributed by atoms with E-state index in [2.05, 4.69) is 29.7 Å². The molecule has 5 nitrogen and oxygen atoms in total. The van der Waals surface area contributed by atoms with Crippen LogP contribution in [-0.2, 0) is 16.7 Å². The largest absolute Gasteiger partial charge is 0.496 e. The monoisotopic (exact) mass is 382 g/mol. The second-order valence-corrected chi connectivity index (χ2v) is 7.95. The van der Waals surface area contributed by atoms with Gasteiger partial charge in [-0.05, 0) is 50.5 Å². The van der Waals surface area contributed by atoms with E-state index in [4.69, 9.17) is 21.1 Å². The maximum atomic E-state index is 12.7. The molecule has 0 aliphatic heterocycles. The molecule has 0 aliphatic rings. The number of ether oxygens (including phenoxy) is 2. The topological polar surface area (TPSA) is 52.8 Å². The van der Waals surface area contributed by atoms with Gasteiger partial charge in [-0.1, -0.05) is 11.6 Å². The Morgan fingerprint density at radius 2 is 2.04 bits per heavy atom. The molecule has 0 fully saturated rings. The number of carbonyl (C=O) groups is 1. The summed E-state index contributed by atoms with van der Waals surface area (Å²) in [5.74, 6) is 0.0813. The summed E-state index contributed by atoms with van der Waals surface area (Å²) in [6, 6.07) is 4.92. The molecular weight excluding hydrogens is 360 g/mol. The number of methoxy groups -OCH3 is 2. The van der Waals surface area contributed by atoms with Crippen LogP contribution < -0.4 is 9.41 Å². The van der Waals surface area contributed by atoms with Gasteiger partial charge in [-0.3, -0.25) is 8.75 Å². The number of amides is 1. The fourth-order valence-electron chi connectivity index (χ4n) is 2.18. The van der Waals surface area contributed by atoms with Crippen LogP contribution in [0.5, 0.6) is 5.75 Å². The molecule has 136 valence electrons. The van der Waals surface area contributed by atoms with Crippen molar-refractivity contribution in [3.8, 4) is 5.75 Å². The number of rotatable bonds is 5. The van der Waals surface area contributed by atoms with Crippen molar-refractivity contribution >= 4 is 29.0 Å². The highest BCUT2D eigenvalue weighted by Gasteiger charge is 2.17. The summed E-state index contributed by atoms with van der Waals surface area (Å²) >= 11 is 7.47. The number of carbonyl (C=O) groups excluding carboxylic acids is 1. The molecule has 0 spiro atoms. The van der Waals surface area contributed by atoms with E-state index < -0.39 is 0 Å². The molecule has 1 aromatic carbocycles. The Morgan fingerprint density at radius 3 is 2.64 bits per heavy atom. The maximum Gasteiger partial charge on any atom is 0.282 e. The summed E-state index contributed by atoms with van der Waals surface area (Å²) in [6.45, 7) is 6.89. The van der Waals surface area contributed by atoms with E-state index in [9.17, 15) is 4.79 Å². The Balaban J connectivity index is 2.50. The van der Waals surface area contributed by atoms with Crippen molar-refractivity contribution in [2.24, 2.45) is 4.99 Å². The quantitative estimate of drug-likeness (QED) is 0.788. The normalized spacial score (nSPS) is 12.5. The Morgan fingerprint density at radius 1 is 1.32 bits per heavy atom. The van der Waals surface area contributed by atoms with E-state index in [-0.39, 0.29) is 11.4 Å². The fraction of sp³-hybridized carbons (Fsp3) is 0.444. The zero-order valence-electron chi connectivity index (χ0n) is 15.1. The van der Waals surface area contributed by atoms with Gasteiger partial charge >= 0.3 is 0 Å². The van der Waals surface area contributed by atoms with Gasteiger partial charge in [0.1, 0.15) is 10.4 Å². The standard InChI is InChI=1S/C18H23ClN2O3S/c1-18(2,3)21-11-12(8-9-23-4)17(25-21)20-16(22)14-10-13(19)6-7-15(14)24-5/h6-7,10-11H,8-9H2,1-5H3. The molecule has 1 aromatic heterocycles. The summed E-state index contributed by atoms with van der Waals surface area (Å²) < 4.78 is 13.2. The first-order valence-corrected chi connectivity index (χ1v) is 9.05. The van der Waals surface area contributed by atoms with Crippen molar-refractivity contribution in [2.75, 3.05) is 20.8 Å². The number of hydrogen-bond acceptors (Lipinski definition) is 4. The lowest BCUT2D eigenvalue weighted by Crippen LogP contribution is -2.18. The molecule has 0 aliphatic carbocycles. The lowest BCUT2D eigenvalue weighted by Gasteiger charge is -2.19. The predicted molar refractivity (Wildman–Crippen MR) is 101 cm³/mol. The Kier molecular flexibility index (Phi) is 6.43. The molecule has 0 unspecified atom stereocenters. The second-order valence-electron chi connectivity index (χ2n) is 6.55. The maximum absolute atomic E-state index is 12.7. The molecule has 2 aromatic rings. The predicted octanol–water partition coefficient (Wildman–Crippen LogP) is 3.90. The van der Waals surface area contributed by atoms with Crippen molar-refractivity contribution in [1.29, 1.82) is 0 Å². The van der Waals surface area contributed by atoms with Crippen LogP contribution in [0.25, 0.3) is 0 Å². The van der Waals surface area contributed by atoms with Gasteiger partial charge in [0.05, 0.1) is 19.3 Å². The van der Waals surface area contributed by atoms with Crippen molar-refractivity contribution in [1.82, 2.24) is 3.96 Å². The van der Waals surface area contributed by atoms with E-state index in [0.717, 1.165) is 5.56 Å². The number of nitrogens with zero attached hydrogens (tertiary/aromatic N) is 2. The zero-order valence-corrected chi connectivity index (χ0v) is 16.7. The van der Waals surface area contributed by atoms with Crippen LogP contribution in [0.2, 0.25) is 5.02 Å². The molecule has 1 amide bonds. The fourth-order valence-corrected chi connectivity index (χ4v) is 3.39. The molecule has 7 heteroatoms. The first-order chi connectivity index (χ1) is 11.8. The van der Waals surface area contributed by atoms with Gasteiger partial charge in [-0.2, -0.15) is 4.99 Å². The average molecular weight is 383 g/mol. The molecule has 2 rings (SSSR count). The molecular formula is C18H23ClN2O3S. The van der Waals surface area contributed by atoms with Crippen LogP contribution in [0.1, 0.15) is 36.7 Å². The lowest BCUT2D eigenvalue weighted by molar-refractivity contribution is 0.0995. The Bertz CT molecular complexity index is 818. The summed E-state index contributed by atoms with van der Waals surface area (Å²) in [5, 5.41) is 0.467. The number of hydrogen-bond donors (Lipinski definition) is 0. The lowest BCUT2D eigenvalue weighted by atomic mass is 10.1. The molecule has 0 atom stereocenters. The van der Waals surface area contributed by atoms with Gasteiger partial charge in [-0.15, -0.1) is 0 Å². The highest BCUT2D eigenvalue weighted by molar-refractivity contribution is 7.04. The number of benzene rings is 1. The van der Waals surface area contributed by atoms with Crippen molar-refractivity contribution in [3.05, 3.63) is 45.2 Å². The van der Waals surface area contributed by atoms with Crippen LogP contribution in [0.15, 0.2) is 29.4 Å². The van der Waals surface area contributed by atoms with Crippen molar-refractivity contribution in [3.63, 3.8) is 0 Å². The zero-order chi connectivity index (χ0) is 18.6. The molecule has 1 heterocycles. The van der Waals surface area contributed by atoms with Crippen LogP contribution in [0.3, 0.4) is 0 Å². The van der Waals surface area contributed by atoms with Crippen molar-refractivity contribution in [2.45, 2.75) is 32.7 Å². The highest BCUT2D eigenvalue weighted by Crippen LogP contribution is 2.23. The third-order valence-corrected chi connectivity index (χ3v) is 5.18. The third kappa shape index (κ3) is 4.93. The summed E-state index contributed by atoms with van der Waals surface area (Å²) in [7, 11) is 3.17. The van der Waals surface area contributed by atoms with Crippen LogP contribution in [0, 0.1) is 0 Å². The van der Waals surface area contributed by atoms with E-state index in [1.807, 2.05) is 6.20 Å². The van der Waals surface area contributed by atoms with Crippen LogP contribution in [0.4, 0.5) is 0 Å². The molecule has 25 heavy (non-hydrogen) atoms. The van der Waals surface area contributed by atoms with Gasteiger partial charge in [0, 0.05) is 35.9 Å². The van der Waals surface area contributed by atoms with Gasteiger partial charge in [0.2, 0.25) is 0 Å². The molecule has 0 N–H and O–H groups in total. The molecule has 0 bridgehead atoms. The minimum absolute atomic E-state index is 0.0863. The minimum Gasteiger partial charge on any atom is -0.496 e. The van der Waals surface area contributed by atoms with E-state index >= 15 is 0 Å². The number of aromatic nitrogens is 1. The minimum atomic E-state index is -0.374. The number of halogens is 1. The average Bonchev–Trinajstić information content (AvgIpc) is 2.95. The second kappa shape index (κ2) is 8.17. The summed E-state index contributed by atoms with van der Waals surface area (Å²) in [4.78, 5) is 17.0. The third-order valence-electron chi connectivity index (χ3n) is 3.56. The van der Waals surface area contributed by atoms with E-state index in [1.54, 1.807) is 25.3 Å². The smallest absolute Gasteiger partial charge is 0.282 e. The molecule has 0 radical (unpaired) electrons. The summed E-state index contributed by atoms with van der Waals surface area (Å²) in [5.41, 5.74) is 1.25. The van der Waals surface area contributed by atoms with Crippen molar-refractivity contribution < 1.29 is 14.3 Å². The first-order valence-electron chi connectivity index (χ1n) is 7.90. The van der Waals surface area contributed by atoms with Gasteiger partial charge in [0.15, 0.2) is 0 Å². The van der Waals surface area contributed by atoms with Crippen LogP contribution >= 0.6 is 23.1 Å². The van der Waals surface area contributed by atoms with Gasteiger partial charge in [-0.25, -0.2) is 0 Å². The SMILES string of the molecule is COCCc1cn(C(C)(C)C)sc1=NC(=O)c1cc(Cl)ccc1OC. The Labute approximate surface area is 157 Å². The summed E-state index contributed by atoms with van der Waals surface area (Å²) in [6.07, 6.45) is 2.72. The molecule has 0 saturated carbocycles. The van der Waals surface area contributed by atoms with Gasteiger partial charge in [0.25, 0.3) is 5.91 Å². The molecule has 0 saturated heterocycles. The first kappa shape index (κ1) is 19.7. The van der Waals surface area contributed by atoms with Gasteiger partial charge < -0.3 is 9.47 Å². The van der Waals surface area contributed by atoms with Crippen LogP contribution in [-0.4, -0.2) is 30.7 Å². The van der Waals surface area contributed by atoms with E-state index in [0.29, 0.717) is 34.0 Å². The highest BCUT2D eigenvalue weighted by atomic mass is 35.5. The van der Waals surface area contributed by atoms with E-state index in [1.165, 1.54) is 18.6 Å².